The number of imidazole rings is 1. The zero-order valence-corrected chi connectivity index (χ0v) is 31.2. The van der Waals surface area contributed by atoms with E-state index in [0.717, 1.165) is 27.9 Å². The van der Waals surface area contributed by atoms with Crippen molar-refractivity contribution in [3.63, 3.8) is 0 Å². The van der Waals surface area contributed by atoms with Gasteiger partial charge in [-0.1, -0.05) is 67.6 Å². The SMILES string of the molecule is CCCc1nc(C(C)(C)O)c(C(=O)OCc2oc(=O)oc2C)n1Cc1ccc(-c2ccccc2-c2nnn(COC(=O)Oc3ccc(CO[N+](=O)[O-])cc3)n2)cc1. The predicted molar refractivity (Wildman–Crippen MR) is 196 cm³/mol. The molecule has 3 aromatic heterocycles. The first-order valence-electron chi connectivity index (χ1n) is 17.5. The van der Waals surface area contributed by atoms with Crippen molar-refractivity contribution in [3.05, 3.63) is 133 Å². The number of aliphatic hydroxyl groups is 1. The summed E-state index contributed by atoms with van der Waals surface area (Å²) in [5, 5.41) is 33.0. The monoisotopic (exact) mass is 783 g/mol. The van der Waals surface area contributed by atoms with Crippen LogP contribution in [0.15, 0.2) is 86.4 Å². The Morgan fingerprint density at radius 3 is 2.30 bits per heavy atom. The fourth-order valence-electron chi connectivity index (χ4n) is 5.75. The summed E-state index contributed by atoms with van der Waals surface area (Å²) >= 11 is 0. The first-order valence-corrected chi connectivity index (χ1v) is 17.5. The molecule has 6 rings (SSSR count). The van der Waals surface area contributed by atoms with Crippen LogP contribution in [0.3, 0.4) is 0 Å². The van der Waals surface area contributed by atoms with E-state index in [0.29, 0.717) is 23.4 Å². The maximum atomic E-state index is 13.6. The highest BCUT2D eigenvalue weighted by Gasteiger charge is 2.33. The summed E-state index contributed by atoms with van der Waals surface area (Å²) in [7, 11) is 0. The highest BCUT2D eigenvalue weighted by molar-refractivity contribution is 5.89. The first-order chi connectivity index (χ1) is 27.3. The van der Waals surface area contributed by atoms with E-state index in [1.807, 2.05) is 55.5 Å². The molecule has 0 amide bonds. The lowest BCUT2D eigenvalue weighted by Crippen LogP contribution is -2.23. The molecule has 57 heavy (non-hydrogen) atoms. The van der Waals surface area contributed by atoms with Gasteiger partial charge < -0.3 is 37.6 Å². The topological polar surface area (TPSA) is 239 Å². The molecule has 0 bridgehead atoms. The molecule has 19 nitrogen and oxygen atoms in total. The molecule has 0 aliphatic heterocycles. The molecular weight excluding hydrogens is 746 g/mol. The maximum absolute atomic E-state index is 13.6. The van der Waals surface area contributed by atoms with Gasteiger partial charge in [0.05, 0.1) is 0 Å². The number of ether oxygens (including phenoxy) is 3. The molecule has 6 aromatic rings. The van der Waals surface area contributed by atoms with E-state index in [-0.39, 0.29) is 54.2 Å². The van der Waals surface area contributed by atoms with E-state index in [1.165, 1.54) is 45.0 Å². The molecule has 19 heteroatoms. The van der Waals surface area contributed by atoms with Crippen LogP contribution in [0.2, 0.25) is 0 Å². The number of nitrogens with zero attached hydrogens (tertiary/aromatic N) is 7. The van der Waals surface area contributed by atoms with Crippen LogP contribution in [-0.4, -0.2) is 52.1 Å². The number of benzene rings is 3. The molecule has 3 aromatic carbocycles. The molecule has 0 saturated heterocycles. The van der Waals surface area contributed by atoms with Gasteiger partial charge in [-0.15, -0.1) is 25.1 Å². The molecule has 0 atom stereocenters. The van der Waals surface area contributed by atoms with E-state index in [1.54, 1.807) is 4.57 Å². The third-order valence-corrected chi connectivity index (χ3v) is 8.45. The molecule has 0 spiro atoms. The number of aromatic nitrogens is 6. The van der Waals surface area contributed by atoms with Crippen LogP contribution in [0.1, 0.15) is 71.8 Å². The van der Waals surface area contributed by atoms with E-state index >= 15 is 0 Å². The van der Waals surface area contributed by atoms with E-state index < -0.39 is 35.4 Å². The number of carbonyl (C=O) groups is 2. The Morgan fingerprint density at radius 2 is 1.65 bits per heavy atom. The van der Waals surface area contributed by atoms with Crippen molar-refractivity contribution in [1.82, 2.24) is 29.8 Å². The van der Waals surface area contributed by atoms with Crippen LogP contribution in [-0.2, 0) is 52.8 Å². The Kier molecular flexibility index (Phi) is 11.9. The van der Waals surface area contributed by atoms with Gasteiger partial charge in [0, 0.05) is 18.5 Å². The molecule has 0 aliphatic rings. The fraction of sp³-hybridized carbons (Fsp3) is 0.289. The van der Waals surface area contributed by atoms with Gasteiger partial charge >= 0.3 is 17.9 Å². The molecule has 0 unspecified atom stereocenters. The number of rotatable bonds is 16. The van der Waals surface area contributed by atoms with Crippen LogP contribution in [0.5, 0.6) is 5.75 Å². The van der Waals surface area contributed by atoms with Crippen molar-refractivity contribution >= 4 is 12.1 Å². The summed E-state index contributed by atoms with van der Waals surface area (Å²) < 4.78 is 27.4. The average molecular weight is 784 g/mol. The van der Waals surface area contributed by atoms with E-state index in [4.69, 9.17) is 23.0 Å². The van der Waals surface area contributed by atoms with Crippen molar-refractivity contribution in [3.8, 4) is 28.3 Å². The summed E-state index contributed by atoms with van der Waals surface area (Å²) in [5.74, 6) is -0.382. The van der Waals surface area contributed by atoms with E-state index in [2.05, 4.69) is 25.2 Å². The zero-order chi connectivity index (χ0) is 40.7. The average Bonchev–Trinajstić information content (AvgIpc) is 3.89. The van der Waals surface area contributed by atoms with Gasteiger partial charge in [-0.2, -0.15) is 0 Å². The molecule has 0 fully saturated rings. The van der Waals surface area contributed by atoms with Crippen LogP contribution < -0.4 is 10.6 Å². The minimum Gasteiger partial charge on any atom is -0.453 e. The minimum absolute atomic E-state index is 0.0753. The van der Waals surface area contributed by atoms with Crippen molar-refractivity contribution in [1.29, 1.82) is 0 Å². The summed E-state index contributed by atoms with van der Waals surface area (Å²) in [5.41, 5.74) is 2.36. The molecule has 0 radical (unpaired) electrons. The first kappa shape index (κ1) is 39.5. The van der Waals surface area contributed by atoms with Gasteiger partial charge in [0.15, 0.2) is 23.8 Å². The summed E-state index contributed by atoms with van der Waals surface area (Å²) in [6.07, 6.45) is 0.222. The quantitative estimate of drug-likeness (QED) is 0.0550. The van der Waals surface area contributed by atoms with Crippen molar-refractivity contribution in [2.24, 2.45) is 0 Å². The van der Waals surface area contributed by atoms with E-state index in [9.17, 15) is 29.6 Å². The summed E-state index contributed by atoms with van der Waals surface area (Å²) in [4.78, 5) is 57.9. The Hall–Kier alpha value is -7.15. The third-order valence-electron chi connectivity index (χ3n) is 8.45. The van der Waals surface area contributed by atoms with Crippen LogP contribution >= 0.6 is 0 Å². The maximum Gasteiger partial charge on any atom is 0.519 e. The molecule has 296 valence electrons. The van der Waals surface area contributed by atoms with Crippen molar-refractivity contribution in [2.75, 3.05) is 0 Å². The number of esters is 1. The molecule has 0 aliphatic carbocycles. The second kappa shape index (κ2) is 17.1. The Morgan fingerprint density at radius 1 is 0.947 bits per heavy atom. The Labute approximate surface area is 323 Å². The van der Waals surface area contributed by atoms with Crippen molar-refractivity contribution in [2.45, 2.75) is 72.6 Å². The zero-order valence-electron chi connectivity index (χ0n) is 31.2. The lowest BCUT2D eigenvalue weighted by Gasteiger charge is -2.17. The Balaban J connectivity index is 1.16. The van der Waals surface area contributed by atoms with Gasteiger partial charge in [0.25, 0.3) is 5.09 Å². The number of hydrogen-bond donors (Lipinski definition) is 1. The van der Waals surface area contributed by atoms with Crippen LogP contribution in [0.4, 0.5) is 4.79 Å². The third kappa shape index (κ3) is 9.75. The largest absolute Gasteiger partial charge is 0.519 e. The second-order valence-corrected chi connectivity index (χ2v) is 13.1. The standard InChI is InChI=1S/C38H37N7O12/c1-5-8-31-39-33(38(3,4)49)32(35(46)52-21-30-23(2)55-37(48)57-30)43(31)19-24-11-15-26(16-12-24)28-9-6-7-10-29(28)34-40-42-44(41-34)22-53-36(47)56-27-17-13-25(14-18-27)20-54-45(50)51/h6-7,9-18,49H,5,8,19-22H2,1-4H3. The molecule has 0 saturated carbocycles. The highest BCUT2D eigenvalue weighted by Crippen LogP contribution is 2.31. The van der Waals surface area contributed by atoms with Gasteiger partial charge in [-0.3, -0.25) is 0 Å². The number of carbonyl (C=O) groups excluding carboxylic acids is 2. The molecular formula is C38H37N7O12. The normalized spacial score (nSPS) is 11.3. The smallest absolute Gasteiger partial charge is 0.453 e. The van der Waals surface area contributed by atoms with Crippen LogP contribution in [0, 0.1) is 17.0 Å². The number of tetrazole rings is 1. The Bertz CT molecular complexity index is 2420. The van der Waals surface area contributed by atoms with Crippen molar-refractivity contribution < 1.29 is 47.7 Å². The lowest BCUT2D eigenvalue weighted by atomic mass is 9.98. The molecule has 1 N–H and O–H groups in total. The number of hydrogen-bond acceptors (Lipinski definition) is 16. The number of aryl methyl sites for hydroxylation is 2. The lowest BCUT2D eigenvalue weighted by molar-refractivity contribution is -0.763. The minimum atomic E-state index is -1.48. The second-order valence-electron chi connectivity index (χ2n) is 13.1. The summed E-state index contributed by atoms with van der Waals surface area (Å²) in [6, 6.07) is 20.9. The van der Waals surface area contributed by atoms with Gasteiger partial charge in [0.2, 0.25) is 12.6 Å². The molecule has 3 heterocycles. The fourth-order valence-corrected chi connectivity index (χ4v) is 5.75. The van der Waals surface area contributed by atoms with Gasteiger partial charge in [-0.25, -0.2) is 19.4 Å². The highest BCUT2D eigenvalue weighted by atomic mass is 16.9. The summed E-state index contributed by atoms with van der Waals surface area (Å²) in [6.45, 7) is 5.82. The van der Waals surface area contributed by atoms with Crippen LogP contribution in [0.25, 0.3) is 22.5 Å². The van der Waals surface area contributed by atoms with Gasteiger partial charge in [-0.05, 0) is 66.8 Å². The predicted octanol–water partition coefficient (Wildman–Crippen LogP) is 5.52. The van der Waals surface area contributed by atoms with Gasteiger partial charge in [0.1, 0.15) is 29.5 Å².